The van der Waals surface area contributed by atoms with Crippen LogP contribution >= 0.6 is 27.5 Å². The van der Waals surface area contributed by atoms with Crippen molar-refractivity contribution in [2.75, 3.05) is 13.1 Å². The Balaban J connectivity index is 2.37. The fourth-order valence-corrected chi connectivity index (χ4v) is 2.45. The zero-order chi connectivity index (χ0) is 14.3. The molecule has 0 bridgehead atoms. The largest absolute Gasteiger partial charge is 0.317 e. The van der Waals surface area contributed by atoms with Crippen LogP contribution in [0.1, 0.15) is 38.7 Å². The maximum atomic E-state index is 13.7. The number of aryl methyl sites for hydroxylation is 1. The van der Waals surface area contributed by atoms with Gasteiger partial charge in [-0.15, -0.1) is 0 Å². The average Bonchev–Trinajstić information content (AvgIpc) is 2.37. The second-order valence-electron chi connectivity index (χ2n) is 5.04. The monoisotopic (exact) mass is 349 g/mol. The minimum atomic E-state index is -0.174. The Morgan fingerprint density at radius 3 is 2.74 bits per heavy atom. The highest BCUT2D eigenvalue weighted by Crippen LogP contribution is 2.27. The zero-order valence-corrected chi connectivity index (χ0v) is 14.0. The van der Waals surface area contributed by atoms with Crippen LogP contribution in [0.5, 0.6) is 0 Å². The summed E-state index contributed by atoms with van der Waals surface area (Å²) >= 11 is 9.22. The second kappa shape index (κ2) is 8.93. The highest BCUT2D eigenvalue weighted by atomic mass is 79.9. The molecule has 1 unspecified atom stereocenters. The molecule has 4 heteroatoms. The molecule has 108 valence electrons. The molecule has 1 rings (SSSR count). The van der Waals surface area contributed by atoms with Crippen molar-refractivity contribution in [3.63, 3.8) is 0 Å². The van der Waals surface area contributed by atoms with E-state index in [0.717, 1.165) is 38.8 Å². The Bertz CT molecular complexity index is 398. The minimum Gasteiger partial charge on any atom is -0.317 e. The van der Waals surface area contributed by atoms with E-state index < -0.39 is 0 Å². The first-order chi connectivity index (χ1) is 9.04. The van der Waals surface area contributed by atoms with E-state index in [-0.39, 0.29) is 5.82 Å². The third-order valence-corrected chi connectivity index (χ3v) is 4.43. The van der Waals surface area contributed by atoms with Crippen molar-refractivity contribution in [1.82, 2.24) is 5.32 Å². The second-order valence-corrected chi connectivity index (χ2v) is 6.30. The van der Waals surface area contributed by atoms with Crippen LogP contribution in [-0.2, 0) is 6.42 Å². The smallest absolute Gasteiger partial charge is 0.127 e. The summed E-state index contributed by atoms with van der Waals surface area (Å²) in [5.74, 6) is 0.416. The first-order valence-electron chi connectivity index (χ1n) is 6.88. The summed E-state index contributed by atoms with van der Waals surface area (Å²) in [6.45, 7) is 6.49. The first kappa shape index (κ1) is 16.9. The SMILES string of the molecule is CCCNCCC(C)CCc1cc(Cl)c(Br)cc1F. The summed E-state index contributed by atoms with van der Waals surface area (Å²) in [6.07, 6.45) is 4.03. The molecular weight excluding hydrogens is 329 g/mol. The van der Waals surface area contributed by atoms with Gasteiger partial charge < -0.3 is 5.32 Å². The zero-order valence-electron chi connectivity index (χ0n) is 11.6. The normalized spacial score (nSPS) is 12.7. The van der Waals surface area contributed by atoms with Crippen LogP contribution in [0.15, 0.2) is 16.6 Å². The first-order valence-corrected chi connectivity index (χ1v) is 8.05. The van der Waals surface area contributed by atoms with Gasteiger partial charge in [-0.05, 0) is 78.3 Å². The molecule has 1 aromatic carbocycles. The maximum absolute atomic E-state index is 13.7. The highest BCUT2D eigenvalue weighted by molar-refractivity contribution is 9.10. The molecule has 0 spiro atoms. The van der Waals surface area contributed by atoms with Crippen LogP contribution in [0, 0.1) is 11.7 Å². The van der Waals surface area contributed by atoms with Crippen LogP contribution < -0.4 is 5.32 Å². The van der Waals surface area contributed by atoms with Crippen molar-refractivity contribution in [1.29, 1.82) is 0 Å². The minimum absolute atomic E-state index is 0.174. The fourth-order valence-electron chi connectivity index (χ4n) is 1.95. The van der Waals surface area contributed by atoms with Gasteiger partial charge in [0.25, 0.3) is 0 Å². The van der Waals surface area contributed by atoms with Gasteiger partial charge in [-0.25, -0.2) is 4.39 Å². The van der Waals surface area contributed by atoms with Gasteiger partial charge in [0.1, 0.15) is 5.82 Å². The maximum Gasteiger partial charge on any atom is 0.127 e. The van der Waals surface area contributed by atoms with E-state index in [1.54, 1.807) is 6.07 Å². The molecule has 19 heavy (non-hydrogen) atoms. The van der Waals surface area contributed by atoms with Crippen LogP contribution in [-0.4, -0.2) is 13.1 Å². The third kappa shape index (κ3) is 6.24. The topological polar surface area (TPSA) is 12.0 Å². The van der Waals surface area contributed by atoms with E-state index in [1.807, 2.05) is 0 Å². The van der Waals surface area contributed by atoms with E-state index in [4.69, 9.17) is 11.6 Å². The predicted octanol–water partition coefficient (Wildman–Crippen LogP) is 5.20. The van der Waals surface area contributed by atoms with Gasteiger partial charge in [-0.2, -0.15) is 0 Å². The molecule has 1 aromatic rings. The molecule has 1 nitrogen and oxygen atoms in total. The molecular formula is C15H22BrClFN. The molecule has 1 atom stereocenters. The Hall–Kier alpha value is -0.120. The summed E-state index contributed by atoms with van der Waals surface area (Å²) in [4.78, 5) is 0. The molecule has 0 radical (unpaired) electrons. The fraction of sp³-hybridized carbons (Fsp3) is 0.600. The Labute approximate surface area is 129 Å². The molecule has 0 heterocycles. The highest BCUT2D eigenvalue weighted by Gasteiger charge is 2.09. The Morgan fingerprint density at radius 1 is 1.32 bits per heavy atom. The molecule has 0 saturated carbocycles. The van der Waals surface area contributed by atoms with Gasteiger partial charge >= 0.3 is 0 Å². The molecule has 0 fully saturated rings. The van der Waals surface area contributed by atoms with Crippen molar-refractivity contribution in [2.45, 2.75) is 39.5 Å². The van der Waals surface area contributed by atoms with Gasteiger partial charge in [0.15, 0.2) is 0 Å². The van der Waals surface area contributed by atoms with Gasteiger partial charge in [-0.1, -0.05) is 25.4 Å². The van der Waals surface area contributed by atoms with Crippen LogP contribution in [0.25, 0.3) is 0 Å². The van der Waals surface area contributed by atoms with Crippen molar-refractivity contribution < 1.29 is 4.39 Å². The van der Waals surface area contributed by atoms with Crippen LogP contribution in [0.2, 0.25) is 5.02 Å². The van der Waals surface area contributed by atoms with E-state index in [2.05, 4.69) is 35.1 Å². The van der Waals surface area contributed by atoms with Crippen molar-refractivity contribution in [3.8, 4) is 0 Å². The summed E-state index contributed by atoms with van der Waals surface area (Å²) < 4.78 is 14.4. The molecule has 0 saturated heterocycles. The lowest BCUT2D eigenvalue weighted by Gasteiger charge is -2.12. The van der Waals surface area contributed by atoms with Crippen molar-refractivity contribution in [2.24, 2.45) is 5.92 Å². The molecule has 1 N–H and O–H groups in total. The van der Waals surface area contributed by atoms with Crippen molar-refractivity contribution in [3.05, 3.63) is 33.0 Å². The van der Waals surface area contributed by atoms with Gasteiger partial charge in [0.05, 0.1) is 5.02 Å². The predicted molar refractivity (Wildman–Crippen MR) is 84.4 cm³/mol. The van der Waals surface area contributed by atoms with E-state index in [1.165, 1.54) is 6.07 Å². The molecule has 0 aromatic heterocycles. The average molecular weight is 351 g/mol. The van der Waals surface area contributed by atoms with E-state index in [0.29, 0.717) is 21.0 Å². The van der Waals surface area contributed by atoms with Crippen LogP contribution in [0.3, 0.4) is 0 Å². The van der Waals surface area contributed by atoms with Gasteiger partial charge in [0, 0.05) is 4.47 Å². The lowest BCUT2D eigenvalue weighted by Crippen LogP contribution is -2.18. The lowest BCUT2D eigenvalue weighted by molar-refractivity contribution is 0.465. The van der Waals surface area contributed by atoms with E-state index >= 15 is 0 Å². The quantitative estimate of drug-likeness (QED) is 0.502. The summed E-state index contributed by atoms with van der Waals surface area (Å²) in [6, 6.07) is 3.17. The summed E-state index contributed by atoms with van der Waals surface area (Å²) in [7, 11) is 0. The molecule has 0 amide bonds. The number of benzene rings is 1. The Kier molecular flexibility index (Phi) is 7.96. The third-order valence-electron chi connectivity index (χ3n) is 3.24. The van der Waals surface area contributed by atoms with Gasteiger partial charge in [-0.3, -0.25) is 0 Å². The number of halogens is 3. The van der Waals surface area contributed by atoms with E-state index in [9.17, 15) is 4.39 Å². The number of nitrogens with one attached hydrogen (secondary N) is 1. The standard InChI is InChI=1S/C15H22BrClFN/c1-3-7-19-8-6-11(2)4-5-12-9-14(17)13(16)10-15(12)18/h9-11,19H,3-8H2,1-2H3. The molecule has 0 aliphatic carbocycles. The Morgan fingerprint density at radius 2 is 2.05 bits per heavy atom. The summed E-state index contributed by atoms with van der Waals surface area (Å²) in [5.41, 5.74) is 0.710. The van der Waals surface area contributed by atoms with Gasteiger partial charge in [0.2, 0.25) is 0 Å². The summed E-state index contributed by atoms with van der Waals surface area (Å²) in [5, 5.41) is 3.97. The number of hydrogen-bond donors (Lipinski definition) is 1. The van der Waals surface area contributed by atoms with Crippen LogP contribution in [0.4, 0.5) is 4.39 Å². The molecule has 0 aliphatic heterocycles. The van der Waals surface area contributed by atoms with Crippen molar-refractivity contribution >= 4 is 27.5 Å². The lowest BCUT2D eigenvalue weighted by atomic mass is 9.98. The number of rotatable bonds is 8. The number of hydrogen-bond acceptors (Lipinski definition) is 1. The molecule has 0 aliphatic rings.